The molecular formula is C21H26ClN3O3. The van der Waals surface area contributed by atoms with Crippen LogP contribution >= 0.6 is 11.6 Å². The Hall–Kier alpha value is -1.89. The lowest BCUT2D eigenvalue weighted by molar-refractivity contribution is 0.0441. The molecule has 4 rings (SSSR count). The van der Waals surface area contributed by atoms with Crippen LogP contribution in [0.4, 0.5) is 0 Å². The predicted molar refractivity (Wildman–Crippen MR) is 106 cm³/mol. The lowest BCUT2D eigenvalue weighted by atomic mass is 9.93. The number of carbonyl (C=O) groups excluding carboxylic acids is 1. The van der Waals surface area contributed by atoms with Crippen LogP contribution in [-0.2, 0) is 6.54 Å². The van der Waals surface area contributed by atoms with E-state index in [0.717, 1.165) is 56.0 Å². The fourth-order valence-corrected chi connectivity index (χ4v) is 4.37. The van der Waals surface area contributed by atoms with Gasteiger partial charge in [-0.25, -0.2) is 0 Å². The molecule has 3 heterocycles. The summed E-state index contributed by atoms with van der Waals surface area (Å²) in [5, 5.41) is 14.7. The van der Waals surface area contributed by atoms with E-state index in [1.54, 1.807) is 11.0 Å². The number of aliphatic hydroxyl groups excluding tert-OH is 1. The molecule has 2 fully saturated rings. The molecular weight excluding hydrogens is 378 g/mol. The Labute approximate surface area is 170 Å². The number of hydrogen-bond donors (Lipinski definition) is 1. The van der Waals surface area contributed by atoms with E-state index in [-0.39, 0.29) is 11.7 Å². The molecule has 0 radical (unpaired) electrons. The third-order valence-electron chi connectivity index (χ3n) is 5.72. The van der Waals surface area contributed by atoms with Gasteiger partial charge in [0.05, 0.1) is 11.8 Å². The third-order valence-corrected chi connectivity index (χ3v) is 5.96. The summed E-state index contributed by atoms with van der Waals surface area (Å²) in [7, 11) is 0. The van der Waals surface area contributed by atoms with E-state index in [0.29, 0.717) is 19.0 Å². The fraction of sp³-hybridized carbons (Fsp3) is 0.524. The molecule has 1 amide bonds. The number of rotatable bonds is 4. The summed E-state index contributed by atoms with van der Waals surface area (Å²) in [5.74, 6) is 0.425. The van der Waals surface area contributed by atoms with Gasteiger partial charge in [-0.2, -0.15) is 0 Å². The van der Waals surface area contributed by atoms with Crippen molar-refractivity contribution in [2.75, 3.05) is 26.2 Å². The van der Waals surface area contributed by atoms with E-state index in [1.807, 2.05) is 18.2 Å². The molecule has 2 aliphatic rings. The molecule has 7 heteroatoms. The van der Waals surface area contributed by atoms with Gasteiger partial charge in [-0.15, -0.1) is 0 Å². The largest absolute Gasteiger partial charge is 0.391 e. The van der Waals surface area contributed by atoms with Gasteiger partial charge in [0.1, 0.15) is 0 Å². The van der Waals surface area contributed by atoms with Crippen LogP contribution in [0.1, 0.15) is 53.4 Å². The highest BCUT2D eigenvalue weighted by Gasteiger charge is 2.28. The highest BCUT2D eigenvalue weighted by atomic mass is 35.5. The van der Waals surface area contributed by atoms with E-state index in [4.69, 9.17) is 16.1 Å². The molecule has 1 unspecified atom stereocenters. The molecule has 1 aromatic carbocycles. The second kappa shape index (κ2) is 8.64. The van der Waals surface area contributed by atoms with Crippen LogP contribution < -0.4 is 0 Å². The van der Waals surface area contributed by atoms with Crippen LogP contribution in [0.5, 0.6) is 0 Å². The number of aromatic nitrogens is 1. The molecule has 0 bridgehead atoms. The Balaban J connectivity index is 1.32. The van der Waals surface area contributed by atoms with Crippen LogP contribution in [0.15, 0.2) is 34.9 Å². The topological polar surface area (TPSA) is 69.8 Å². The Morgan fingerprint density at radius 3 is 2.79 bits per heavy atom. The molecule has 2 aliphatic heterocycles. The van der Waals surface area contributed by atoms with Gasteiger partial charge in [0.2, 0.25) is 5.76 Å². The van der Waals surface area contributed by atoms with Gasteiger partial charge in [-0.3, -0.25) is 9.69 Å². The summed E-state index contributed by atoms with van der Waals surface area (Å²) in [5.41, 5.74) is 2.09. The summed E-state index contributed by atoms with van der Waals surface area (Å²) in [6, 6.07) is 9.79. The second-order valence-electron chi connectivity index (χ2n) is 7.84. The number of likely N-dealkylation sites (tertiary alicyclic amines) is 2. The minimum absolute atomic E-state index is 0.170. The van der Waals surface area contributed by atoms with Gasteiger partial charge in [0.15, 0.2) is 0 Å². The fourth-order valence-electron chi connectivity index (χ4n) is 4.16. The number of halogens is 1. The van der Waals surface area contributed by atoms with E-state index >= 15 is 0 Å². The van der Waals surface area contributed by atoms with Crippen molar-refractivity contribution < 1.29 is 14.4 Å². The van der Waals surface area contributed by atoms with E-state index in [2.05, 4.69) is 16.1 Å². The van der Waals surface area contributed by atoms with Gasteiger partial charge >= 0.3 is 0 Å². The Kier molecular flexibility index (Phi) is 5.99. The van der Waals surface area contributed by atoms with Gasteiger partial charge in [-0.05, 0) is 56.5 Å². The maximum Gasteiger partial charge on any atom is 0.292 e. The van der Waals surface area contributed by atoms with Gasteiger partial charge in [-0.1, -0.05) is 28.9 Å². The zero-order chi connectivity index (χ0) is 19.5. The van der Waals surface area contributed by atoms with Crippen molar-refractivity contribution in [3.8, 4) is 0 Å². The summed E-state index contributed by atoms with van der Waals surface area (Å²) in [4.78, 5) is 16.7. The molecule has 1 atom stereocenters. The molecule has 1 aromatic heterocycles. The molecule has 150 valence electrons. The number of β-amino-alcohol motifs (C(OH)–C–C–N with tert-alkyl or cyclic N) is 1. The highest BCUT2D eigenvalue weighted by Crippen LogP contribution is 2.29. The number of amides is 1. The molecule has 0 aliphatic carbocycles. The van der Waals surface area contributed by atoms with Crippen molar-refractivity contribution >= 4 is 17.5 Å². The zero-order valence-corrected chi connectivity index (χ0v) is 16.6. The number of hydrogen-bond acceptors (Lipinski definition) is 5. The first-order valence-electron chi connectivity index (χ1n) is 9.99. The summed E-state index contributed by atoms with van der Waals surface area (Å²) < 4.78 is 5.35. The quantitative estimate of drug-likeness (QED) is 0.848. The van der Waals surface area contributed by atoms with Crippen molar-refractivity contribution in [2.45, 2.75) is 44.2 Å². The number of benzene rings is 1. The smallest absolute Gasteiger partial charge is 0.292 e. The number of nitrogens with zero attached hydrogens (tertiary/aromatic N) is 3. The van der Waals surface area contributed by atoms with Crippen molar-refractivity contribution in [2.24, 2.45) is 0 Å². The summed E-state index contributed by atoms with van der Waals surface area (Å²) in [6.07, 6.45) is 3.11. The molecule has 2 saturated heterocycles. The lowest BCUT2D eigenvalue weighted by Gasteiger charge is -2.31. The van der Waals surface area contributed by atoms with Crippen molar-refractivity contribution in [1.29, 1.82) is 0 Å². The Morgan fingerprint density at radius 2 is 2.04 bits per heavy atom. The van der Waals surface area contributed by atoms with E-state index in [9.17, 15) is 9.90 Å². The minimum atomic E-state index is -0.441. The van der Waals surface area contributed by atoms with Gasteiger partial charge in [0, 0.05) is 36.6 Å². The van der Waals surface area contributed by atoms with Gasteiger partial charge in [0.25, 0.3) is 5.91 Å². The van der Waals surface area contributed by atoms with Crippen LogP contribution in [-0.4, -0.2) is 58.3 Å². The van der Waals surface area contributed by atoms with E-state index < -0.39 is 6.10 Å². The molecule has 0 spiro atoms. The zero-order valence-electron chi connectivity index (χ0n) is 15.9. The van der Waals surface area contributed by atoms with Crippen LogP contribution in [0.25, 0.3) is 0 Å². The number of carbonyl (C=O) groups is 1. The van der Waals surface area contributed by atoms with E-state index in [1.165, 1.54) is 5.56 Å². The number of aliphatic hydroxyl groups is 1. The first-order valence-corrected chi connectivity index (χ1v) is 10.4. The third kappa shape index (κ3) is 4.57. The molecule has 2 aromatic rings. The number of piperidine rings is 2. The average molecular weight is 404 g/mol. The monoisotopic (exact) mass is 403 g/mol. The molecule has 6 nitrogen and oxygen atoms in total. The predicted octanol–water partition coefficient (Wildman–Crippen LogP) is 3.30. The van der Waals surface area contributed by atoms with Crippen LogP contribution in [0.3, 0.4) is 0 Å². The second-order valence-corrected chi connectivity index (χ2v) is 8.28. The summed E-state index contributed by atoms with van der Waals surface area (Å²) >= 11 is 6.08. The average Bonchev–Trinajstić information content (AvgIpc) is 3.18. The molecule has 1 N–H and O–H groups in total. The first kappa shape index (κ1) is 19.4. The Morgan fingerprint density at radius 1 is 1.21 bits per heavy atom. The van der Waals surface area contributed by atoms with Crippen LogP contribution in [0.2, 0.25) is 5.02 Å². The van der Waals surface area contributed by atoms with Crippen molar-refractivity contribution in [1.82, 2.24) is 15.0 Å². The molecule has 0 saturated carbocycles. The van der Waals surface area contributed by atoms with Gasteiger partial charge < -0.3 is 14.5 Å². The van der Waals surface area contributed by atoms with Crippen LogP contribution in [0, 0.1) is 0 Å². The lowest BCUT2D eigenvalue weighted by Crippen LogP contribution is -2.42. The Bertz CT molecular complexity index is 817. The normalized spacial score (nSPS) is 21.8. The standard InChI is InChI=1S/C21H26ClN3O3/c22-17-4-1-3-15(11-17)13-24-9-6-16(7-10-24)19-12-20(28-23-19)21(27)25-8-2-5-18(26)14-25/h1,3-4,11-12,16,18,26H,2,5-10,13-14H2. The first-order chi connectivity index (χ1) is 13.6. The maximum absolute atomic E-state index is 12.6. The minimum Gasteiger partial charge on any atom is -0.391 e. The maximum atomic E-state index is 12.6. The highest BCUT2D eigenvalue weighted by molar-refractivity contribution is 6.30. The molecule has 28 heavy (non-hydrogen) atoms. The van der Waals surface area contributed by atoms with Crippen molar-refractivity contribution in [3.05, 3.63) is 52.4 Å². The summed E-state index contributed by atoms with van der Waals surface area (Å²) in [6.45, 7) is 3.88. The van der Waals surface area contributed by atoms with Crippen molar-refractivity contribution in [3.63, 3.8) is 0 Å². The SMILES string of the molecule is O=C(c1cc(C2CCN(Cc3cccc(Cl)c3)CC2)no1)N1CCCC(O)C1.